The number of pyridine rings is 1. The molecule has 2 aromatic carbocycles. The lowest BCUT2D eigenvalue weighted by molar-refractivity contribution is 0.176. The predicted octanol–water partition coefficient (Wildman–Crippen LogP) is 3.27. The van der Waals surface area contributed by atoms with Crippen LogP contribution in [-0.4, -0.2) is 61.3 Å². The van der Waals surface area contributed by atoms with Gasteiger partial charge in [0.2, 0.25) is 5.56 Å². The molecule has 9 nitrogen and oxygen atoms in total. The van der Waals surface area contributed by atoms with E-state index < -0.39 is 6.10 Å². The molecule has 1 fully saturated rings. The highest BCUT2D eigenvalue weighted by atomic mass is 16.3. The molecule has 4 aromatic rings. The lowest BCUT2D eigenvalue weighted by atomic mass is 9.94. The first-order valence-electron chi connectivity index (χ1n) is 13.1. The van der Waals surface area contributed by atoms with Crippen molar-refractivity contribution in [3.63, 3.8) is 0 Å². The number of aliphatic hydroxyl groups excluding tert-OH is 1. The van der Waals surface area contributed by atoms with Gasteiger partial charge in [-0.05, 0) is 87.5 Å². The first-order valence-corrected chi connectivity index (χ1v) is 13.1. The highest BCUT2D eigenvalue weighted by Crippen LogP contribution is 2.28. The number of aromatic hydroxyl groups is 1. The first-order chi connectivity index (χ1) is 18.0. The maximum Gasteiger partial charge on any atom is 0.248 e. The van der Waals surface area contributed by atoms with E-state index in [-0.39, 0.29) is 11.3 Å². The molecule has 0 bridgehead atoms. The average molecular weight is 504 g/mol. The summed E-state index contributed by atoms with van der Waals surface area (Å²) in [5, 5.41) is 33.5. The molecule has 9 heteroatoms. The number of aromatic nitrogens is 4. The van der Waals surface area contributed by atoms with Crippen LogP contribution in [0, 0.1) is 6.42 Å². The van der Waals surface area contributed by atoms with E-state index in [0.29, 0.717) is 35.6 Å². The van der Waals surface area contributed by atoms with E-state index in [9.17, 15) is 15.0 Å². The number of hydrogen-bond donors (Lipinski definition) is 4. The van der Waals surface area contributed by atoms with Gasteiger partial charge < -0.3 is 25.4 Å². The Morgan fingerprint density at radius 1 is 1.19 bits per heavy atom. The van der Waals surface area contributed by atoms with Crippen LogP contribution in [0.25, 0.3) is 21.9 Å². The fourth-order valence-corrected chi connectivity index (χ4v) is 5.31. The van der Waals surface area contributed by atoms with Crippen LogP contribution in [0.15, 0.2) is 47.3 Å². The molecule has 0 saturated heterocycles. The van der Waals surface area contributed by atoms with Crippen molar-refractivity contribution in [3.8, 4) is 5.75 Å². The molecular weight excluding hydrogens is 468 g/mol. The number of hydrogen-bond acceptors (Lipinski definition) is 7. The second kappa shape index (κ2) is 11.4. The average Bonchev–Trinajstić information content (AvgIpc) is 3.31. The van der Waals surface area contributed by atoms with Gasteiger partial charge in [-0.1, -0.05) is 17.3 Å². The zero-order valence-corrected chi connectivity index (χ0v) is 21.2. The SMILES string of the molecule is CN(CCCn1nnc2cc(CNC[C@H](O)c3ccc(O)c4[nH]c(=O)ccc34)ccc21)C1CC[CH]CC1. The Bertz CT molecular complexity index is 1410. The number of aryl methyl sites for hydroxylation is 1. The molecule has 5 rings (SSSR count). The number of aromatic amines is 1. The van der Waals surface area contributed by atoms with Crippen molar-refractivity contribution in [1.82, 2.24) is 30.2 Å². The molecule has 4 N–H and O–H groups in total. The third kappa shape index (κ3) is 5.84. The molecule has 1 saturated carbocycles. The summed E-state index contributed by atoms with van der Waals surface area (Å²) in [6, 6.07) is 13.0. The third-order valence-electron chi connectivity index (χ3n) is 7.42. The number of fused-ring (bicyclic) bond motifs is 2. The quantitative estimate of drug-likeness (QED) is 0.262. The molecule has 1 aliphatic rings. The minimum atomic E-state index is -0.802. The summed E-state index contributed by atoms with van der Waals surface area (Å²) in [6.07, 6.45) is 7.63. The van der Waals surface area contributed by atoms with Gasteiger partial charge in [-0.2, -0.15) is 0 Å². The van der Waals surface area contributed by atoms with Crippen molar-refractivity contribution in [2.75, 3.05) is 20.1 Å². The number of phenols is 1. The maximum absolute atomic E-state index is 11.6. The number of phenolic OH excluding ortho intramolecular Hbond substituents is 1. The van der Waals surface area contributed by atoms with Gasteiger partial charge in [0.25, 0.3) is 0 Å². The molecule has 1 aliphatic carbocycles. The van der Waals surface area contributed by atoms with E-state index in [0.717, 1.165) is 36.1 Å². The topological polar surface area (TPSA) is 119 Å². The van der Waals surface area contributed by atoms with Crippen molar-refractivity contribution >= 4 is 21.9 Å². The van der Waals surface area contributed by atoms with Crippen molar-refractivity contribution < 1.29 is 10.2 Å². The van der Waals surface area contributed by atoms with Gasteiger partial charge in [0.05, 0.1) is 17.1 Å². The molecular formula is C28H35N6O3. The van der Waals surface area contributed by atoms with E-state index in [1.54, 1.807) is 12.1 Å². The van der Waals surface area contributed by atoms with E-state index in [1.165, 1.54) is 37.8 Å². The van der Waals surface area contributed by atoms with E-state index in [1.807, 2.05) is 10.7 Å². The van der Waals surface area contributed by atoms with Crippen LogP contribution < -0.4 is 10.9 Å². The Labute approximate surface area is 216 Å². The molecule has 0 amide bonds. The Morgan fingerprint density at radius 3 is 2.86 bits per heavy atom. The van der Waals surface area contributed by atoms with Crippen molar-refractivity contribution in [3.05, 3.63) is 70.4 Å². The highest BCUT2D eigenvalue weighted by Gasteiger charge is 2.18. The molecule has 1 atom stereocenters. The largest absolute Gasteiger partial charge is 0.506 e. The van der Waals surface area contributed by atoms with Crippen LogP contribution in [-0.2, 0) is 13.1 Å². The van der Waals surface area contributed by atoms with Crippen molar-refractivity contribution in [1.29, 1.82) is 0 Å². The molecule has 195 valence electrons. The van der Waals surface area contributed by atoms with Gasteiger partial charge >= 0.3 is 0 Å². The van der Waals surface area contributed by atoms with Crippen LogP contribution in [0.4, 0.5) is 0 Å². The standard InChI is InChI=1S/C28H35N6O3/c1-33(20-6-3-2-4-7-20)14-5-15-34-24-11-8-19(16-23(24)31-32-34)17-29-18-26(36)21-9-12-25(35)28-22(21)10-13-27(37)30-28/h2,8-13,16,20,26,29,35-36H,3-7,14-15,17-18H2,1H3,(H,30,37)/t26-/m0/s1. The smallest absolute Gasteiger partial charge is 0.248 e. The fraction of sp³-hybridized carbons (Fsp3) is 0.429. The number of nitrogens with zero attached hydrogens (tertiary/aromatic N) is 4. The Balaban J connectivity index is 1.15. The fourth-order valence-electron chi connectivity index (χ4n) is 5.31. The van der Waals surface area contributed by atoms with Gasteiger partial charge in [0.1, 0.15) is 11.3 Å². The first kappa shape index (κ1) is 25.4. The Hall–Kier alpha value is -3.27. The van der Waals surface area contributed by atoms with Crippen LogP contribution in [0.3, 0.4) is 0 Å². The zero-order chi connectivity index (χ0) is 25.8. The summed E-state index contributed by atoms with van der Waals surface area (Å²) in [7, 11) is 2.23. The molecule has 0 spiro atoms. The number of aliphatic hydroxyl groups is 1. The molecule has 0 unspecified atom stereocenters. The van der Waals surface area contributed by atoms with Crippen LogP contribution in [0.2, 0.25) is 0 Å². The van der Waals surface area contributed by atoms with Gasteiger partial charge in [-0.15, -0.1) is 5.10 Å². The summed E-state index contributed by atoms with van der Waals surface area (Å²) < 4.78 is 1.99. The van der Waals surface area contributed by atoms with Gasteiger partial charge in [-0.3, -0.25) is 4.79 Å². The second-order valence-electron chi connectivity index (χ2n) is 10.00. The summed E-state index contributed by atoms with van der Waals surface area (Å²) in [5.74, 6) is -0.0204. The molecule has 0 aliphatic heterocycles. The summed E-state index contributed by atoms with van der Waals surface area (Å²) in [4.78, 5) is 16.7. The van der Waals surface area contributed by atoms with Crippen LogP contribution in [0.5, 0.6) is 5.75 Å². The van der Waals surface area contributed by atoms with E-state index >= 15 is 0 Å². The van der Waals surface area contributed by atoms with E-state index in [4.69, 9.17) is 0 Å². The molecule has 2 aromatic heterocycles. The number of benzene rings is 2. The normalized spacial score (nSPS) is 15.6. The Morgan fingerprint density at radius 2 is 2.03 bits per heavy atom. The van der Waals surface area contributed by atoms with Crippen molar-refractivity contribution in [2.45, 2.75) is 57.3 Å². The maximum atomic E-state index is 11.6. The molecule has 37 heavy (non-hydrogen) atoms. The van der Waals surface area contributed by atoms with Crippen LogP contribution in [0.1, 0.15) is 49.3 Å². The minimum absolute atomic E-state index is 0.0204. The van der Waals surface area contributed by atoms with Gasteiger partial charge in [0.15, 0.2) is 0 Å². The highest BCUT2D eigenvalue weighted by molar-refractivity contribution is 5.87. The minimum Gasteiger partial charge on any atom is -0.506 e. The second-order valence-corrected chi connectivity index (χ2v) is 10.00. The zero-order valence-electron chi connectivity index (χ0n) is 21.2. The van der Waals surface area contributed by atoms with Gasteiger partial charge in [-0.25, -0.2) is 4.68 Å². The molecule has 1 radical (unpaired) electrons. The van der Waals surface area contributed by atoms with Crippen LogP contribution >= 0.6 is 0 Å². The van der Waals surface area contributed by atoms with Crippen molar-refractivity contribution in [2.24, 2.45) is 0 Å². The van der Waals surface area contributed by atoms with Gasteiger partial charge in [0, 0.05) is 37.1 Å². The summed E-state index contributed by atoms with van der Waals surface area (Å²) >= 11 is 0. The lowest BCUT2D eigenvalue weighted by Crippen LogP contribution is -2.34. The monoisotopic (exact) mass is 503 g/mol. The number of H-pyrrole nitrogens is 1. The molecule has 2 heterocycles. The Kier molecular flexibility index (Phi) is 7.83. The third-order valence-corrected chi connectivity index (χ3v) is 7.42. The van der Waals surface area contributed by atoms with E-state index in [2.05, 4.69) is 51.1 Å². The predicted molar refractivity (Wildman–Crippen MR) is 144 cm³/mol. The number of rotatable bonds is 10. The lowest BCUT2D eigenvalue weighted by Gasteiger charge is -2.31. The summed E-state index contributed by atoms with van der Waals surface area (Å²) in [6.45, 7) is 2.78. The number of nitrogens with one attached hydrogen (secondary N) is 2. The summed E-state index contributed by atoms with van der Waals surface area (Å²) in [5.41, 5.74) is 3.62.